The van der Waals surface area contributed by atoms with Gasteiger partial charge in [-0.2, -0.15) is 0 Å². The molecule has 2 rings (SSSR count). The number of likely N-dealkylation sites (N-methyl/N-ethyl adjacent to an activating group) is 1. The van der Waals surface area contributed by atoms with Crippen LogP contribution in [0.5, 0.6) is 0 Å². The molecule has 4 N–H and O–H groups in total. The van der Waals surface area contributed by atoms with Crippen molar-refractivity contribution in [3.63, 3.8) is 0 Å². The van der Waals surface area contributed by atoms with E-state index in [9.17, 15) is 24.3 Å². The van der Waals surface area contributed by atoms with Crippen LogP contribution in [0, 0.1) is 0 Å². The van der Waals surface area contributed by atoms with E-state index < -0.39 is 35.7 Å². The third kappa shape index (κ3) is 4.64. The Morgan fingerprint density at radius 2 is 1.92 bits per heavy atom. The normalized spacial score (nSPS) is 11.6. The lowest BCUT2D eigenvalue weighted by molar-refractivity contribution is -0.133. The van der Waals surface area contributed by atoms with E-state index in [0.717, 1.165) is 11.8 Å². The Hall–Kier alpha value is -3.20. The van der Waals surface area contributed by atoms with E-state index in [1.165, 1.54) is 11.9 Å². The second kappa shape index (κ2) is 8.06. The summed E-state index contributed by atoms with van der Waals surface area (Å²) in [5.74, 6) is -1.39. The number of aromatic nitrogens is 2. The standard InChI is InChI=1S/C16H18N4O5/c1-20(8-10-5-3-2-4-6-10)15(24)12(9-21)18-13(22)11-7-17-16(25)19-14(11)23/h2-7,12,21H,8-9H2,1H3,(H,18,22)(H2,17,19,23,25)/t12-/m0/s1. The molecule has 2 amide bonds. The molecule has 1 atom stereocenters. The van der Waals surface area contributed by atoms with Gasteiger partial charge in [0.1, 0.15) is 11.6 Å². The van der Waals surface area contributed by atoms with Crippen molar-refractivity contribution in [1.29, 1.82) is 0 Å². The smallest absolute Gasteiger partial charge is 0.325 e. The summed E-state index contributed by atoms with van der Waals surface area (Å²) < 4.78 is 0. The zero-order valence-corrected chi connectivity index (χ0v) is 13.5. The molecule has 1 aromatic heterocycles. The number of hydrogen-bond donors (Lipinski definition) is 4. The molecule has 0 aliphatic rings. The topological polar surface area (TPSA) is 135 Å². The van der Waals surface area contributed by atoms with E-state index in [2.05, 4.69) is 10.3 Å². The van der Waals surface area contributed by atoms with Crippen LogP contribution in [-0.4, -0.2) is 51.5 Å². The van der Waals surface area contributed by atoms with Gasteiger partial charge in [-0.1, -0.05) is 30.3 Å². The summed E-state index contributed by atoms with van der Waals surface area (Å²) in [6, 6.07) is 7.99. The molecule has 0 saturated heterocycles. The average Bonchev–Trinajstić information content (AvgIpc) is 2.59. The number of benzene rings is 1. The number of nitrogens with one attached hydrogen (secondary N) is 3. The minimum Gasteiger partial charge on any atom is -0.394 e. The van der Waals surface area contributed by atoms with Gasteiger partial charge in [-0.25, -0.2) is 4.79 Å². The lowest BCUT2D eigenvalue weighted by Crippen LogP contribution is -2.50. The Morgan fingerprint density at radius 3 is 2.52 bits per heavy atom. The Bertz CT molecular complexity index is 859. The Kier molecular flexibility index (Phi) is 5.85. The number of aliphatic hydroxyl groups is 1. The molecule has 1 aromatic carbocycles. The summed E-state index contributed by atoms with van der Waals surface area (Å²) in [5, 5.41) is 11.7. The zero-order chi connectivity index (χ0) is 18.4. The van der Waals surface area contributed by atoms with Crippen LogP contribution in [0.1, 0.15) is 15.9 Å². The van der Waals surface area contributed by atoms with E-state index in [1.807, 2.05) is 35.3 Å². The molecule has 0 bridgehead atoms. The van der Waals surface area contributed by atoms with Gasteiger partial charge in [-0.3, -0.25) is 19.4 Å². The van der Waals surface area contributed by atoms with Gasteiger partial charge in [0, 0.05) is 19.8 Å². The van der Waals surface area contributed by atoms with Crippen molar-refractivity contribution < 1.29 is 14.7 Å². The first kappa shape index (κ1) is 18.1. The number of amides is 2. The van der Waals surface area contributed by atoms with E-state index in [4.69, 9.17) is 0 Å². The SMILES string of the molecule is CN(Cc1ccccc1)C(=O)[C@H](CO)NC(=O)c1c[nH]c(=O)[nH]c1=O. The summed E-state index contributed by atoms with van der Waals surface area (Å²) in [7, 11) is 1.54. The van der Waals surface area contributed by atoms with Crippen LogP contribution < -0.4 is 16.6 Å². The first-order valence-electron chi connectivity index (χ1n) is 7.45. The third-order valence-electron chi connectivity index (χ3n) is 3.49. The number of H-pyrrole nitrogens is 2. The highest BCUT2D eigenvalue weighted by Gasteiger charge is 2.25. The van der Waals surface area contributed by atoms with E-state index in [1.54, 1.807) is 0 Å². The lowest BCUT2D eigenvalue weighted by Gasteiger charge is -2.23. The fourth-order valence-electron chi connectivity index (χ4n) is 2.20. The maximum atomic E-state index is 12.4. The number of carbonyl (C=O) groups is 2. The minimum atomic E-state index is -1.22. The van der Waals surface area contributed by atoms with Gasteiger partial charge in [0.2, 0.25) is 5.91 Å². The molecule has 0 unspecified atom stereocenters. The van der Waals surface area contributed by atoms with Crippen LogP contribution in [0.4, 0.5) is 0 Å². The second-order valence-corrected chi connectivity index (χ2v) is 5.37. The average molecular weight is 346 g/mol. The molecular formula is C16H18N4O5. The predicted molar refractivity (Wildman–Crippen MR) is 88.9 cm³/mol. The lowest BCUT2D eigenvalue weighted by atomic mass is 10.2. The Labute approximate surface area is 142 Å². The molecule has 25 heavy (non-hydrogen) atoms. The minimum absolute atomic E-state index is 0.297. The highest BCUT2D eigenvalue weighted by atomic mass is 16.3. The second-order valence-electron chi connectivity index (χ2n) is 5.37. The summed E-state index contributed by atoms with van der Waals surface area (Å²) in [5.41, 5.74) is -1.11. The van der Waals surface area contributed by atoms with Crippen LogP contribution in [-0.2, 0) is 11.3 Å². The number of nitrogens with zero attached hydrogens (tertiary/aromatic N) is 1. The number of hydrogen-bond acceptors (Lipinski definition) is 5. The van der Waals surface area contributed by atoms with E-state index >= 15 is 0 Å². The molecule has 0 saturated carbocycles. The number of aromatic amines is 2. The van der Waals surface area contributed by atoms with Gasteiger partial charge >= 0.3 is 5.69 Å². The fourth-order valence-corrected chi connectivity index (χ4v) is 2.20. The molecule has 9 nitrogen and oxygen atoms in total. The zero-order valence-electron chi connectivity index (χ0n) is 13.5. The summed E-state index contributed by atoms with van der Waals surface area (Å²) in [6.45, 7) is -0.337. The predicted octanol–water partition coefficient (Wildman–Crippen LogP) is -1.19. The molecule has 0 spiro atoms. The largest absolute Gasteiger partial charge is 0.394 e. The van der Waals surface area contributed by atoms with Gasteiger partial charge in [-0.15, -0.1) is 0 Å². The molecule has 0 radical (unpaired) electrons. The molecule has 0 aliphatic carbocycles. The van der Waals surface area contributed by atoms with Crippen molar-refractivity contribution in [2.24, 2.45) is 0 Å². The van der Waals surface area contributed by atoms with Gasteiger partial charge in [0.05, 0.1) is 6.61 Å². The van der Waals surface area contributed by atoms with Crippen LogP contribution in [0.2, 0.25) is 0 Å². The highest BCUT2D eigenvalue weighted by molar-refractivity contribution is 5.97. The first-order valence-corrected chi connectivity index (χ1v) is 7.45. The summed E-state index contributed by atoms with van der Waals surface area (Å²) in [6.07, 6.45) is 0.948. The van der Waals surface area contributed by atoms with Gasteiger partial charge in [0.25, 0.3) is 11.5 Å². The molecule has 0 aliphatic heterocycles. The fraction of sp³-hybridized carbons (Fsp3) is 0.250. The van der Waals surface area contributed by atoms with Crippen molar-refractivity contribution in [2.45, 2.75) is 12.6 Å². The Balaban J connectivity index is 2.07. The van der Waals surface area contributed by atoms with Crippen molar-refractivity contribution in [3.8, 4) is 0 Å². The van der Waals surface area contributed by atoms with Gasteiger partial charge in [0.15, 0.2) is 0 Å². The molecule has 1 heterocycles. The van der Waals surface area contributed by atoms with Crippen molar-refractivity contribution >= 4 is 11.8 Å². The molecule has 9 heteroatoms. The monoisotopic (exact) mass is 346 g/mol. The van der Waals surface area contributed by atoms with Crippen molar-refractivity contribution in [1.82, 2.24) is 20.2 Å². The summed E-state index contributed by atoms with van der Waals surface area (Å²) >= 11 is 0. The number of rotatable bonds is 6. The van der Waals surface area contributed by atoms with Gasteiger partial charge in [-0.05, 0) is 5.56 Å². The Morgan fingerprint density at radius 1 is 1.24 bits per heavy atom. The summed E-state index contributed by atoms with van der Waals surface area (Å²) in [4.78, 5) is 52.5. The maximum absolute atomic E-state index is 12.4. The first-order chi connectivity index (χ1) is 11.9. The third-order valence-corrected chi connectivity index (χ3v) is 3.49. The molecule has 0 fully saturated rings. The molecule has 2 aromatic rings. The highest BCUT2D eigenvalue weighted by Crippen LogP contribution is 2.04. The van der Waals surface area contributed by atoms with Crippen molar-refractivity contribution in [2.75, 3.05) is 13.7 Å². The van der Waals surface area contributed by atoms with Gasteiger partial charge < -0.3 is 20.3 Å². The van der Waals surface area contributed by atoms with Crippen LogP contribution >= 0.6 is 0 Å². The maximum Gasteiger partial charge on any atom is 0.325 e. The molecule has 132 valence electrons. The molecular weight excluding hydrogens is 328 g/mol. The number of aliphatic hydroxyl groups excluding tert-OH is 1. The van der Waals surface area contributed by atoms with Crippen LogP contribution in [0.15, 0.2) is 46.1 Å². The van der Waals surface area contributed by atoms with E-state index in [-0.39, 0.29) is 5.56 Å². The number of carbonyl (C=O) groups excluding carboxylic acids is 2. The van der Waals surface area contributed by atoms with E-state index in [0.29, 0.717) is 6.54 Å². The van der Waals surface area contributed by atoms with Crippen LogP contribution in [0.25, 0.3) is 0 Å². The quantitative estimate of drug-likeness (QED) is 0.522. The van der Waals surface area contributed by atoms with Crippen LogP contribution in [0.3, 0.4) is 0 Å². The van der Waals surface area contributed by atoms with Crippen molar-refractivity contribution in [3.05, 3.63) is 68.5 Å².